The molecule has 0 aromatic carbocycles. The van der Waals surface area contributed by atoms with Crippen LogP contribution in [0, 0.1) is 0 Å². The van der Waals surface area contributed by atoms with Crippen LogP contribution in [0.4, 0.5) is 0 Å². The first kappa shape index (κ1) is 12.9. The molecule has 0 aliphatic rings. The second kappa shape index (κ2) is 7.18. The van der Waals surface area contributed by atoms with Crippen molar-refractivity contribution in [2.75, 3.05) is 6.54 Å². The third-order valence-corrected chi connectivity index (χ3v) is 2.64. The first-order valence-electron chi connectivity index (χ1n) is 5.99. The molecule has 0 amide bonds. The van der Waals surface area contributed by atoms with Gasteiger partial charge in [-0.2, -0.15) is 0 Å². The van der Waals surface area contributed by atoms with Crippen LogP contribution in [-0.4, -0.2) is 17.6 Å². The van der Waals surface area contributed by atoms with Crippen LogP contribution in [0.2, 0.25) is 0 Å². The summed E-state index contributed by atoms with van der Waals surface area (Å²) in [4.78, 5) is 4.04. The summed E-state index contributed by atoms with van der Waals surface area (Å²) in [6.45, 7) is 9.22. The van der Waals surface area contributed by atoms with E-state index in [1.807, 2.05) is 12.4 Å². The van der Waals surface area contributed by atoms with Crippen molar-refractivity contribution in [1.29, 1.82) is 0 Å². The Kier molecular flexibility index (Phi) is 5.79. The van der Waals surface area contributed by atoms with Crippen molar-refractivity contribution in [2.24, 2.45) is 0 Å². The van der Waals surface area contributed by atoms with Crippen LogP contribution >= 0.6 is 0 Å². The summed E-state index contributed by atoms with van der Waals surface area (Å²) < 4.78 is 0. The highest BCUT2D eigenvalue weighted by molar-refractivity contribution is 5.11. The van der Waals surface area contributed by atoms with Crippen LogP contribution in [0.25, 0.3) is 0 Å². The summed E-state index contributed by atoms with van der Waals surface area (Å²) in [6, 6.07) is 4.72. The van der Waals surface area contributed by atoms with Crippen LogP contribution in [0.15, 0.2) is 36.7 Å². The lowest BCUT2D eigenvalue weighted by Gasteiger charge is -2.17. The van der Waals surface area contributed by atoms with Crippen molar-refractivity contribution < 1.29 is 0 Å². The van der Waals surface area contributed by atoms with E-state index in [2.05, 4.69) is 42.9 Å². The van der Waals surface area contributed by atoms with E-state index < -0.39 is 0 Å². The van der Waals surface area contributed by atoms with Gasteiger partial charge in [0.2, 0.25) is 0 Å². The molecule has 2 heteroatoms. The van der Waals surface area contributed by atoms with E-state index in [4.69, 9.17) is 0 Å². The van der Waals surface area contributed by atoms with Crippen LogP contribution < -0.4 is 5.32 Å². The number of rotatable bonds is 7. The Labute approximate surface area is 98.8 Å². The number of nitrogens with zero attached hydrogens (tertiary/aromatic N) is 1. The average molecular weight is 218 g/mol. The lowest BCUT2D eigenvalue weighted by molar-refractivity contribution is 0.490. The number of hydrogen-bond donors (Lipinski definition) is 1. The fourth-order valence-electron chi connectivity index (χ4n) is 1.79. The number of aromatic nitrogens is 1. The average Bonchev–Trinajstić information content (AvgIpc) is 2.27. The van der Waals surface area contributed by atoms with Gasteiger partial charge >= 0.3 is 0 Å². The summed E-state index contributed by atoms with van der Waals surface area (Å²) in [6.07, 6.45) is 7.05. The largest absolute Gasteiger partial charge is 0.314 e. The van der Waals surface area contributed by atoms with Gasteiger partial charge in [0.1, 0.15) is 0 Å². The Bertz CT molecular complexity index is 306. The van der Waals surface area contributed by atoms with Gasteiger partial charge in [-0.15, -0.1) is 6.58 Å². The Hall–Kier alpha value is -1.15. The van der Waals surface area contributed by atoms with Crippen LogP contribution in [0.5, 0.6) is 0 Å². The van der Waals surface area contributed by atoms with Crippen LogP contribution in [0.1, 0.15) is 32.3 Å². The molecule has 0 fully saturated rings. The second-order valence-electron chi connectivity index (χ2n) is 4.31. The summed E-state index contributed by atoms with van der Waals surface area (Å²) in [5, 5.41) is 3.52. The highest BCUT2D eigenvalue weighted by Gasteiger charge is 2.07. The summed E-state index contributed by atoms with van der Waals surface area (Å²) >= 11 is 0. The third kappa shape index (κ3) is 5.08. The lowest BCUT2D eigenvalue weighted by Crippen LogP contribution is -2.30. The van der Waals surface area contributed by atoms with Gasteiger partial charge in [-0.1, -0.05) is 12.5 Å². The highest BCUT2D eigenvalue weighted by Crippen LogP contribution is 2.10. The van der Waals surface area contributed by atoms with E-state index in [1.165, 1.54) is 11.1 Å². The maximum Gasteiger partial charge on any atom is 0.0270 e. The number of allylic oxidation sites excluding steroid dienone is 1. The Morgan fingerprint density at radius 1 is 1.44 bits per heavy atom. The molecule has 0 aliphatic heterocycles. The standard InChI is InChI=1S/C14H22N2/c1-4-16-14(6-5-12(2)3)11-13-7-9-15-10-8-13/h7-10,14,16H,2,4-6,11H2,1,3H3. The number of likely N-dealkylation sites (N-methyl/N-ethyl adjacent to an activating group) is 1. The maximum atomic E-state index is 4.04. The quantitative estimate of drug-likeness (QED) is 0.712. The molecular weight excluding hydrogens is 196 g/mol. The Morgan fingerprint density at radius 2 is 2.12 bits per heavy atom. The summed E-state index contributed by atoms with van der Waals surface area (Å²) in [7, 11) is 0. The van der Waals surface area contributed by atoms with Gasteiger partial charge in [-0.3, -0.25) is 4.98 Å². The maximum absolute atomic E-state index is 4.04. The summed E-state index contributed by atoms with van der Waals surface area (Å²) in [5.74, 6) is 0. The van der Waals surface area contributed by atoms with Crippen LogP contribution in [-0.2, 0) is 6.42 Å². The predicted octanol–water partition coefficient (Wildman–Crippen LogP) is 2.96. The van der Waals surface area contributed by atoms with Gasteiger partial charge < -0.3 is 5.32 Å². The molecule has 16 heavy (non-hydrogen) atoms. The molecule has 0 bridgehead atoms. The van der Waals surface area contributed by atoms with E-state index in [0.717, 1.165) is 25.8 Å². The van der Waals surface area contributed by atoms with Crippen LogP contribution in [0.3, 0.4) is 0 Å². The highest BCUT2D eigenvalue weighted by atomic mass is 14.9. The normalized spacial score (nSPS) is 12.4. The van der Waals surface area contributed by atoms with E-state index >= 15 is 0 Å². The molecule has 0 radical (unpaired) electrons. The lowest BCUT2D eigenvalue weighted by atomic mass is 10.0. The second-order valence-corrected chi connectivity index (χ2v) is 4.31. The van der Waals surface area contributed by atoms with Crippen molar-refractivity contribution in [3.8, 4) is 0 Å². The fraction of sp³-hybridized carbons (Fsp3) is 0.500. The molecule has 1 rings (SSSR count). The SMILES string of the molecule is C=C(C)CCC(Cc1ccncc1)NCC. The van der Waals surface area contributed by atoms with Gasteiger partial charge in [0.15, 0.2) is 0 Å². The smallest absolute Gasteiger partial charge is 0.0270 e. The van der Waals surface area contributed by atoms with E-state index in [0.29, 0.717) is 6.04 Å². The number of pyridine rings is 1. The number of nitrogens with one attached hydrogen (secondary N) is 1. The fourth-order valence-corrected chi connectivity index (χ4v) is 1.79. The van der Waals surface area contributed by atoms with E-state index in [1.54, 1.807) is 0 Å². The van der Waals surface area contributed by atoms with E-state index in [-0.39, 0.29) is 0 Å². The molecule has 0 saturated heterocycles. The molecule has 0 spiro atoms. The molecule has 1 unspecified atom stereocenters. The first-order valence-corrected chi connectivity index (χ1v) is 5.99. The van der Waals surface area contributed by atoms with Gasteiger partial charge in [-0.25, -0.2) is 0 Å². The molecule has 0 aliphatic carbocycles. The Balaban J connectivity index is 2.47. The minimum absolute atomic E-state index is 0.545. The zero-order valence-electron chi connectivity index (χ0n) is 10.4. The zero-order chi connectivity index (χ0) is 11.8. The zero-order valence-corrected chi connectivity index (χ0v) is 10.4. The monoisotopic (exact) mass is 218 g/mol. The summed E-state index contributed by atoms with van der Waals surface area (Å²) in [5.41, 5.74) is 2.61. The van der Waals surface area contributed by atoms with Crippen molar-refractivity contribution in [1.82, 2.24) is 10.3 Å². The molecule has 1 aromatic heterocycles. The minimum atomic E-state index is 0.545. The van der Waals surface area contributed by atoms with Crippen molar-refractivity contribution in [3.05, 3.63) is 42.2 Å². The first-order chi connectivity index (χ1) is 7.72. The molecule has 0 saturated carbocycles. The van der Waals surface area contributed by atoms with Crippen molar-refractivity contribution in [2.45, 2.75) is 39.2 Å². The molecule has 1 aromatic rings. The molecule has 1 N–H and O–H groups in total. The molecule has 1 heterocycles. The van der Waals surface area contributed by atoms with Gasteiger partial charge in [0.25, 0.3) is 0 Å². The molecule has 1 atom stereocenters. The van der Waals surface area contributed by atoms with E-state index in [9.17, 15) is 0 Å². The minimum Gasteiger partial charge on any atom is -0.314 e. The van der Waals surface area contributed by atoms with Crippen molar-refractivity contribution in [3.63, 3.8) is 0 Å². The Morgan fingerprint density at radius 3 is 2.69 bits per heavy atom. The third-order valence-electron chi connectivity index (χ3n) is 2.64. The predicted molar refractivity (Wildman–Crippen MR) is 69.5 cm³/mol. The molecular formula is C14H22N2. The van der Waals surface area contributed by atoms with Crippen molar-refractivity contribution >= 4 is 0 Å². The molecule has 2 nitrogen and oxygen atoms in total. The van der Waals surface area contributed by atoms with Gasteiger partial charge in [0, 0.05) is 18.4 Å². The topological polar surface area (TPSA) is 24.9 Å². The molecule has 88 valence electrons. The number of hydrogen-bond acceptors (Lipinski definition) is 2. The van der Waals surface area contributed by atoms with Gasteiger partial charge in [0.05, 0.1) is 0 Å². The van der Waals surface area contributed by atoms with Gasteiger partial charge in [-0.05, 0) is 50.4 Å².